The summed E-state index contributed by atoms with van der Waals surface area (Å²) in [7, 11) is 1.69. The van der Waals surface area contributed by atoms with E-state index in [1.807, 2.05) is 24.3 Å². The van der Waals surface area contributed by atoms with Gasteiger partial charge in [-0.05, 0) is 29.7 Å². The maximum Gasteiger partial charge on any atom is 0.257 e. The van der Waals surface area contributed by atoms with Gasteiger partial charge in [-0.3, -0.25) is 10.2 Å². The van der Waals surface area contributed by atoms with Gasteiger partial charge in [0, 0.05) is 12.6 Å². The van der Waals surface area contributed by atoms with Crippen molar-refractivity contribution in [1.82, 2.24) is 15.7 Å². The highest BCUT2D eigenvalue weighted by molar-refractivity contribution is 7.80. The Hall–Kier alpha value is -2.21. The van der Waals surface area contributed by atoms with Gasteiger partial charge in [0.2, 0.25) is 0 Å². The summed E-state index contributed by atoms with van der Waals surface area (Å²) in [6.45, 7) is 0. The van der Waals surface area contributed by atoms with Gasteiger partial charge in [-0.2, -0.15) is 5.10 Å². The predicted molar refractivity (Wildman–Crippen MR) is 77.0 cm³/mol. The number of para-hydroxylation sites is 1. The highest BCUT2D eigenvalue weighted by atomic mass is 32.1. The van der Waals surface area contributed by atoms with Crippen molar-refractivity contribution in [2.75, 3.05) is 7.05 Å². The Labute approximate surface area is 109 Å². The van der Waals surface area contributed by atoms with E-state index in [2.05, 4.69) is 20.8 Å². The first-order valence-corrected chi connectivity index (χ1v) is 5.74. The van der Waals surface area contributed by atoms with Gasteiger partial charge < -0.3 is 10.3 Å². The minimum atomic E-state index is -0.186. The van der Waals surface area contributed by atoms with Gasteiger partial charge in [0.05, 0.1) is 11.8 Å². The third kappa shape index (κ3) is 2.72. The molecule has 0 atom stereocenters. The summed E-state index contributed by atoms with van der Waals surface area (Å²) < 4.78 is 0. The van der Waals surface area contributed by atoms with Gasteiger partial charge >= 0.3 is 0 Å². The number of hydrogen-bond donors (Lipinski definition) is 3. The van der Waals surface area contributed by atoms with Crippen molar-refractivity contribution in [2.45, 2.75) is 0 Å². The second-order valence-corrected chi connectivity index (χ2v) is 4.00. The van der Waals surface area contributed by atoms with Crippen LogP contribution in [0.2, 0.25) is 0 Å². The monoisotopic (exact) mass is 260 g/mol. The summed E-state index contributed by atoms with van der Waals surface area (Å²) >= 11 is 4.86. The number of hydrogen-bond acceptors (Lipinski definition) is 3. The fourth-order valence-electron chi connectivity index (χ4n) is 1.48. The van der Waals surface area contributed by atoms with Gasteiger partial charge in [0.1, 0.15) is 0 Å². The van der Waals surface area contributed by atoms with Crippen molar-refractivity contribution >= 4 is 34.4 Å². The highest BCUT2D eigenvalue weighted by Gasteiger charge is 1.99. The Bertz CT molecular complexity index is 662. The molecule has 0 spiro atoms. The quantitative estimate of drug-likeness (QED) is 0.427. The molecule has 0 unspecified atom stereocenters. The summed E-state index contributed by atoms with van der Waals surface area (Å²) in [5.74, 6) is 0. The van der Waals surface area contributed by atoms with E-state index in [9.17, 15) is 4.79 Å². The van der Waals surface area contributed by atoms with E-state index in [0.29, 0.717) is 10.7 Å². The summed E-state index contributed by atoms with van der Waals surface area (Å²) in [5.41, 5.74) is 3.68. The van der Waals surface area contributed by atoms with E-state index >= 15 is 0 Å². The van der Waals surface area contributed by atoms with Gasteiger partial charge in [-0.1, -0.05) is 18.2 Å². The number of rotatable bonds is 2. The zero-order valence-corrected chi connectivity index (χ0v) is 10.5. The molecule has 2 rings (SSSR count). The molecule has 0 bridgehead atoms. The molecule has 5 nitrogen and oxygen atoms in total. The van der Waals surface area contributed by atoms with Gasteiger partial charge in [0.15, 0.2) is 5.11 Å². The third-order valence-electron chi connectivity index (χ3n) is 2.38. The number of nitrogens with zero attached hydrogens (tertiary/aromatic N) is 1. The lowest BCUT2D eigenvalue weighted by atomic mass is 10.2. The second-order valence-electron chi connectivity index (χ2n) is 3.59. The number of H-pyrrole nitrogens is 1. The van der Waals surface area contributed by atoms with Gasteiger partial charge in [-0.25, -0.2) is 0 Å². The molecule has 92 valence electrons. The van der Waals surface area contributed by atoms with Crippen molar-refractivity contribution in [3.63, 3.8) is 0 Å². The molecule has 0 radical (unpaired) electrons. The molecule has 0 amide bonds. The van der Waals surface area contributed by atoms with Crippen LogP contribution < -0.4 is 16.3 Å². The second kappa shape index (κ2) is 5.42. The summed E-state index contributed by atoms with van der Waals surface area (Å²) in [5, 5.41) is 7.94. The van der Waals surface area contributed by atoms with Crippen LogP contribution >= 0.6 is 12.2 Å². The normalized spacial score (nSPS) is 10.7. The standard InChI is InChI=1S/C12H12N4OS/c1-13-12(18)16-14-7-9-6-8-4-2-3-5-10(8)15-11(9)17/h2-7H,1H3,(H,15,17)(H2,13,16,18)/b14-7+. The molecule has 1 aromatic carbocycles. The lowest BCUT2D eigenvalue weighted by molar-refractivity contribution is 0.981. The van der Waals surface area contributed by atoms with Crippen molar-refractivity contribution in [2.24, 2.45) is 5.10 Å². The number of aromatic nitrogens is 1. The zero-order valence-electron chi connectivity index (χ0n) is 9.73. The number of benzene rings is 1. The van der Waals surface area contributed by atoms with Crippen LogP contribution in [0.25, 0.3) is 10.9 Å². The van der Waals surface area contributed by atoms with E-state index in [4.69, 9.17) is 12.2 Å². The number of pyridine rings is 1. The minimum absolute atomic E-state index is 0.186. The van der Waals surface area contributed by atoms with E-state index in [1.54, 1.807) is 13.1 Å². The molecule has 6 heteroatoms. The van der Waals surface area contributed by atoms with Crippen LogP contribution in [0.5, 0.6) is 0 Å². The SMILES string of the molecule is CNC(=S)N/N=C/c1cc2ccccc2[nH]c1=O. The first-order chi connectivity index (χ1) is 8.70. The van der Waals surface area contributed by atoms with Gasteiger partial charge in [-0.15, -0.1) is 0 Å². The van der Waals surface area contributed by atoms with Crippen LogP contribution in [0, 0.1) is 0 Å². The lowest BCUT2D eigenvalue weighted by Crippen LogP contribution is -2.28. The Morgan fingerprint density at radius 2 is 2.22 bits per heavy atom. The number of aromatic amines is 1. The molecular formula is C12H12N4OS. The summed E-state index contributed by atoms with van der Waals surface area (Å²) in [6.07, 6.45) is 1.44. The van der Waals surface area contributed by atoms with Crippen molar-refractivity contribution in [1.29, 1.82) is 0 Å². The van der Waals surface area contributed by atoms with E-state index < -0.39 is 0 Å². The lowest BCUT2D eigenvalue weighted by Gasteiger charge is -2.00. The Balaban J connectivity index is 2.31. The topological polar surface area (TPSA) is 69.3 Å². The first kappa shape index (κ1) is 12.3. The first-order valence-electron chi connectivity index (χ1n) is 5.33. The van der Waals surface area contributed by atoms with Crippen LogP contribution in [-0.2, 0) is 0 Å². The average molecular weight is 260 g/mol. The van der Waals surface area contributed by atoms with Crippen LogP contribution in [-0.4, -0.2) is 23.4 Å². The molecule has 0 saturated carbocycles. The molecule has 1 heterocycles. The largest absolute Gasteiger partial charge is 0.364 e. The molecule has 0 aliphatic carbocycles. The molecule has 0 fully saturated rings. The maximum absolute atomic E-state index is 11.8. The van der Waals surface area contributed by atoms with Crippen LogP contribution in [0.1, 0.15) is 5.56 Å². The minimum Gasteiger partial charge on any atom is -0.364 e. The number of thiocarbonyl (C=S) groups is 1. The number of fused-ring (bicyclic) bond motifs is 1. The van der Waals surface area contributed by atoms with Crippen LogP contribution in [0.3, 0.4) is 0 Å². The van der Waals surface area contributed by atoms with Crippen LogP contribution in [0.4, 0.5) is 0 Å². The Kier molecular flexibility index (Phi) is 3.69. The fourth-order valence-corrected chi connectivity index (χ4v) is 1.53. The smallest absolute Gasteiger partial charge is 0.257 e. The van der Waals surface area contributed by atoms with Crippen molar-refractivity contribution in [3.05, 3.63) is 46.2 Å². The third-order valence-corrected chi connectivity index (χ3v) is 2.67. The molecule has 2 aromatic rings. The van der Waals surface area contributed by atoms with Crippen molar-refractivity contribution in [3.8, 4) is 0 Å². The molecule has 0 aliphatic rings. The number of hydrazone groups is 1. The van der Waals surface area contributed by atoms with E-state index in [-0.39, 0.29) is 5.56 Å². The molecule has 0 saturated heterocycles. The van der Waals surface area contributed by atoms with E-state index in [0.717, 1.165) is 10.9 Å². The summed E-state index contributed by atoms with van der Waals surface area (Å²) in [4.78, 5) is 14.5. The highest BCUT2D eigenvalue weighted by Crippen LogP contribution is 2.08. The molecule has 18 heavy (non-hydrogen) atoms. The van der Waals surface area contributed by atoms with Crippen molar-refractivity contribution < 1.29 is 0 Å². The Morgan fingerprint density at radius 3 is 3.00 bits per heavy atom. The average Bonchev–Trinajstić information content (AvgIpc) is 2.39. The van der Waals surface area contributed by atoms with E-state index in [1.165, 1.54) is 6.21 Å². The fraction of sp³-hybridized carbons (Fsp3) is 0.0833. The summed E-state index contributed by atoms with van der Waals surface area (Å²) in [6, 6.07) is 9.34. The predicted octanol–water partition coefficient (Wildman–Crippen LogP) is 0.956. The molecular weight excluding hydrogens is 248 g/mol. The molecule has 0 aliphatic heterocycles. The number of nitrogens with one attached hydrogen (secondary N) is 3. The molecule has 1 aromatic heterocycles. The van der Waals surface area contributed by atoms with Crippen LogP contribution in [0.15, 0.2) is 40.2 Å². The molecule has 3 N–H and O–H groups in total. The Morgan fingerprint density at radius 1 is 1.44 bits per heavy atom. The maximum atomic E-state index is 11.8. The zero-order chi connectivity index (χ0) is 13.0. The van der Waals surface area contributed by atoms with Gasteiger partial charge in [0.25, 0.3) is 5.56 Å².